The average molecular weight is 1130 g/mol. The van der Waals surface area contributed by atoms with Gasteiger partial charge in [-0.2, -0.15) is 0 Å². The summed E-state index contributed by atoms with van der Waals surface area (Å²) in [6.45, 7) is 8.53. The molecule has 80 heavy (non-hydrogen) atoms. The van der Waals surface area contributed by atoms with Crippen LogP contribution in [-0.4, -0.2) is 157 Å². The molecule has 5 amide bonds. The monoisotopic (exact) mass is 1130 g/mol. The van der Waals surface area contributed by atoms with Crippen molar-refractivity contribution < 1.29 is 61.2 Å². The lowest BCUT2D eigenvalue weighted by molar-refractivity contribution is -0.172. The number of aromatic nitrogens is 4. The molecule has 430 valence electrons. The Morgan fingerprint density at radius 3 is 2.31 bits per heavy atom. The molecule has 4 aromatic rings. The molecule has 0 saturated heterocycles. The Morgan fingerprint density at radius 2 is 1.64 bits per heavy atom. The predicted molar refractivity (Wildman–Crippen MR) is 290 cm³/mol. The number of esters is 1. The van der Waals surface area contributed by atoms with E-state index in [1.807, 2.05) is 38.9 Å². The van der Waals surface area contributed by atoms with Crippen LogP contribution in [0.25, 0.3) is 22.3 Å². The molecular formula is C55H70N10O14S. The van der Waals surface area contributed by atoms with Crippen LogP contribution in [0.4, 0.5) is 0 Å². The van der Waals surface area contributed by atoms with Crippen LogP contribution in [-0.2, 0) is 73.3 Å². The number of amides is 5. The van der Waals surface area contributed by atoms with Crippen LogP contribution >= 0.6 is 0 Å². The van der Waals surface area contributed by atoms with Crippen LogP contribution in [0.5, 0.6) is 11.5 Å². The SMILES string of the molecule is CC[C@@]1(O)C(=O)OCc2c1cc1n(c2=O)Cc2c-1nc1cc3c(cc1c2CCN(C(=O)COCNC(=O)CNC(=O)C(CCCCN(C)C)NC(=O)C(NC(=O)CCCC#Cc1cnc(S(C)(=O)=O)nc1)C(C)C)C(C)C)OCO3. The fourth-order valence-electron chi connectivity index (χ4n) is 9.61. The Morgan fingerprint density at radius 1 is 0.912 bits per heavy atom. The molecule has 2 unspecified atom stereocenters. The Balaban J connectivity index is 0.921. The third-order valence-corrected chi connectivity index (χ3v) is 14.9. The van der Waals surface area contributed by atoms with Crippen molar-refractivity contribution in [2.24, 2.45) is 5.92 Å². The predicted octanol–water partition coefficient (Wildman–Crippen LogP) is 1.57. The van der Waals surface area contributed by atoms with E-state index in [1.54, 1.807) is 42.4 Å². The lowest BCUT2D eigenvalue weighted by Crippen LogP contribution is -2.56. The van der Waals surface area contributed by atoms with Gasteiger partial charge in [0.25, 0.3) is 5.56 Å². The first-order valence-corrected chi connectivity index (χ1v) is 28.5. The molecular weight excluding hydrogens is 1060 g/mol. The second-order valence-corrected chi connectivity index (χ2v) is 22.7. The third kappa shape index (κ3) is 14.3. The minimum Gasteiger partial charge on any atom is -0.458 e. The van der Waals surface area contributed by atoms with Crippen LogP contribution in [0.2, 0.25) is 0 Å². The second-order valence-electron chi connectivity index (χ2n) is 20.8. The first-order chi connectivity index (χ1) is 38.0. The number of benzene rings is 1. The van der Waals surface area contributed by atoms with Crippen molar-refractivity contribution in [3.8, 4) is 34.7 Å². The number of pyridine rings is 2. The number of rotatable bonds is 25. The zero-order valence-corrected chi connectivity index (χ0v) is 47.2. The number of sulfone groups is 1. The minimum atomic E-state index is -3.55. The number of cyclic esters (lactones) is 1. The Bertz CT molecular complexity index is 3260. The molecule has 3 atom stereocenters. The highest BCUT2D eigenvalue weighted by molar-refractivity contribution is 7.90. The van der Waals surface area contributed by atoms with Gasteiger partial charge in [0.2, 0.25) is 51.3 Å². The van der Waals surface area contributed by atoms with Crippen molar-refractivity contribution in [2.75, 3.05) is 60.1 Å². The van der Waals surface area contributed by atoms with Crippen molar-refractivity contribution >= 4 is 56.2 Å². The molecule has 0 radical (unpaired) electrons. The quantitative estimate of drug-likeness (QED) is 0.0182. The van der Waals surface area contributed by atoms with Gasteiger partial charge in [0.15, 0.2) is 17.1 Å². The van der Waals surface area contributed by atoms with Gasteiger partial charge in [0, 0.05) is 66.7 Å². The van der Waals surface area contributed by atoms with Crippen molar-refractivity contribution in [1.29, 1.82) is 0 Å². The topological polar surface area (TPSA) is 309 Å². The summed E-state index contributed by atoms with van der Waals surface area (Å²) in [7, 11) is 0.298. The molecule has 0 fully saturated rings. The molecule has 0 saturated carbocycles. The van der Waals surface area contributed by atoms with E-state index in [0.29, 0.717) is 59.7 Å². The number of hydrogen-bond acceptors (Lipinski definition) is 18. The fraction of sp³-hybridized carbons (Fsp3) is 0.527. The Labute approximate surface area is 464 Å². The highest BCUT2D eigenvalue weighted by atomic mass is 32.2. The lowest BCUT2D eigenvalue weighted by Gasteiger charge is -2.31. The number of ether oxygens (including phenoxy) is 4. The van der Waals surface area contributed by atoms with Gasteiger partial charge in [-0.3, -0.25) is 28.8 Å². The maximum atomic E-state index is 14.0. The van der Waals surface area contributed by atoms with Gasteiger partial charge in [-0.15, -0.1) is 0 Å². The summed E-state index contributed by atoms with van der Waals surface area (Å²) in [5, 5.41) is 22.5. The van der Waals surface area contributed by atoms with Crippen LogP contribution in [0, 0.1) is 17.8 Å². The molecule has 3 aliphatic rings. The number of nitrogens with one attached hydrogen (secondary N) is 4. The molecule has 7 rings (SSSR count). The average Bonchev–Trinajstić information content (AvgIpc) is 4.24. The van der Waals surface area contributed by atoms with Crippen LogP contribution < -0.4 is 36.3 Å². The highest BCUT2D eigenvalue weighted by Crippen LogP contribution is 2.43. The summed E-state index contributed by atoms with van der Waals surface area (Å²) in [5.41, 5.74) is 1.40. The van der Waals surface area contributed by atoms with E-state index in [-0.39, 0.29) is 86.6 Å². The molecule has 24 nitrogen and oxygen atoms in total. The van der Waals surface area contributed by atoms with Gasteiger partial charge in [0.1, 0.15) is 32.0 Å². The van der Waals surface area contributed by atoms with Crippen molar-refractivity contribution in [1.82, 2.24) is 50.6 Å². The van der Waals surface area contributed by atoms with Crippen LogP contribution in [0.3, 0.4) is 0 Å². The first kappa shape index (κ1) is 60.1. The summed E-state index contributed by atoms with van der Waals surface area (Å²) in [6.07, 6.45) is 6.24. The van der Waals surface area contributed by atoms with Crippen LogP contribution in [0.1, 0.15) is 107 Å². The molecule has 0 spiro atoms. The number of carbonyl (C=O) groups is 6. The van der Waals surface area contributed by atoms with E-state index < -0.39 is 75.8 Å². The van der Waals surface area contributed by atoms with E-state index in [1.165, 1.54) is 12.4 Å². The van der Waals surface area contributed by atoms with Gasteiger partial charge in [0.05, 0.1) is 41.1 Å². The highest BCUT2D eigenvalue weighted by Gasteiger charge is 2.46. The standard InChI is InChI=1S/C55H70N10O14S/c1-9-55(73)39-22-42-49-37(27-65(42)52(71)38(39)28-77-53(55)72)35(36-21-43-44(79-31-78-43)23-41(36)60-49)18-20-64(33(4)5)47(68)29-76-30-59-46(67)26-56-50(69)40(16-13-14-19-63(6)7)61-51(70)48(32(2)3)62-45(66)17-12-10-11-15-34-24-57-54(58-25-34)80(8,74)75/h21-25,32-33,40,48,73H,9-10,12-14,16-20,26-31H2,1-8H3,(H,56,69)(H,59,67)(H,61,70)(H,62,66)/t40?,48?,55-/m0/s1. The molecule has 0 bridgehead atoms. The second kappa shape index (κ2) is 26.2. The number of carbonyl (C=O) groups excluding carboxylic acids is 6. The van der Waals surface area contributed by atoms with Crippen molar-refractivity contribution in [2.45, 2.75) is 128 Å². The fourth-order valence-corrected chi connectivity index (χ4v) is 10.1. The molecule has 6 heterocycles. The smallest absolute Gasteiger partial charge is 0.343 e. The van der Waals surface area contributed by atoms with E-state index in [9.17, 15) is 47.1 Å². The third-order valence-electron chi connectivity index (χ3n) is 14.0. The van der Waals surface area contributed by atoms with Gasteiger partial charge < -0.3 is 59.7 Å². The zero-order valence-electron chi connectivity index (χ0n) is 46.4. The summed E-state index contributed by atoms with van der Waals surface area (Å²) < 4.78 is 47.1. The number of hydrogen-bond donors (Lipinski definition) is 5. The Hall–Kier alpha value is -7.53. The first-order valence-electron chi connectivity index (χ1n) is 26.6. The van der Waals surface area contributed by atoms with Crippen molar-refractivity contribution in [3.63, 3.8) is 0 Å². The molecule has 25 heteroatoms. The normalized spacial score (nSPS) is 15.8. The lowest BCUT2D eigenvalue weighted by atomic mass is 9.86. The van der Waals surface area contributed by atoms with Crippen LogP contribution in [0.15, 0.2) is 40.5 Å². The zero-order chi connectivity index (χ0) is 58.1. The number of fused-ring (bicyclic) bond motifs is 6. The molecule has 3 aromatic heterocycles. The van der Waals surface area contributed by atoms with E-state index in [0.717, 1.165) is 35.7 Å². The van der Waals surface area contributed by atoms with E-state index in [2.05, 4.69) is 43.1 Å². The summed E-state index contributed by atoms with van der Waals surface area (Å²) in [5.74, 6) is 3.04. The summed E-state index contributed by atoms with van der Waals surface area (Å²) in [4.78, 5) is 110. The molecule has 3 aliphatic heterocycles. The maximum Gasteiger partial charge on any atom is 0.343 e. The molecule has 1 aromatic carbocycles. The van der Waals surface area contributed by atoms with Gasteiger partial charge in [-0.25, -0.2) is 28.2 Å². The summed E-state index contributed by atoms with van der Waals surface area (Å²) in [6, 6.07) is 2.95. The number of aliphatic hydroxyl groups is 1. The Kier molecular flexibility index (Phi) is 19.7. The largest absolute Gasteiger partial charge is 0.458 e. The molecule has 5 N–H and O–H groups in total. The number of nitrogens with zero attached hydrogens (tertiary/aromatic N) is 6. The number of unbranched alkanes of at least 4 members (excludes halogenated alkanes) is 2. The minimum absolute atomic E-state index is 0.00830. The van der Waals surface area contributed by atoms with E-state index in [4.69, 9.17) is 23.9 Å². The molecule has 0 aliphatic carbocycles. The van der Waals surface area contributed by atoms with Crippen molar-refractivity contribution in [3.05, 3.63) is 68.8 Å². The van der Waals surface area contributed by atoms with Gasteiger partial charge in [-0.05, 0) is 96.6 Å². The van der Waals surface area contributed by atoms with Gasteiger partial charge >= 0.3 is 5.97 Å². The van der Waals surface area contributed by atoms with E-state index >= 15 is 0 Å². The summed E-state index contributed by atoms with van der Waals surface area (Å²) >= 11 is 0. The maximum absolute atomic E-state index is 14.0. The van der Waals surface area contributed by atoms with Gasteiger partial charge in [-0.1, -0.05) is 32.6 Å².